The Morgan fingerprint density at radius 3 is 2.85 bits per heavy atom. The van der Waals surface area contributed by atoms with Crippen LogP contribution in [0.3, 0.4) is 0 Å². The molecule has 0 saturated carbocycles. The SMILES string of the molecule is C[C@H](C(=O)O)n1cc([N+](=O)[O-])cn1. The summed E-state index contributed by atoms with van der Waals surface area (Å²) in [6.45, 7) is 1.39. The van der Waals surface area contributed by atoms with Crippen molar-refractivity contribution in [3.63, 3.8) is 0 Å². The van der Waals surface area contributed by atoms with Crippen LogP contribution in [0.25, 0.3) is 0 Å². The summed E-state index contributed by atoms with van der Waals surface area (Å²) in [5.74, 6) is -1.09. The van der Waals surface area contributed by atoms with Gasteiger partial charge in [0, 0.05) is 0 Å². The number of hydrogen-bond donors (Lipinski definition) is 1. The summed E-state index contributed by atoms with van der Waals surface area (Å²) in [6.07, 6.45) is 2.10. The summed E-state index contributed by atoms with van der Waals surface area (Å²) in [4.78, 5) is 20.0. The van der Waals surface area contributed by atoms with Gasteiger partial charge in [-0.05, 0) is 6.92 Å². The second-order valence-corrected chi connectivity index (χ2v) is 2.45. The molecule has 0 amide bonds. The van der Waals surface area contributed by atoms with Gasteiger partial charge in [-0.15, -0.1) is 0 Å². The molecule has 1 rings (SSSR count). The monoisotopic (exact) mass is 185 g/mol. The molecule has 7 nitrogen and oxygen atoms in total. The Hall–Kier alpha value is -1.92. The van der Waals surface area contributed by atoms with E-state index in [2.05, 4.69) is 5.10 Å². The van der Waals surface area contributed by atoms with Gasteiger partial charge < -0.3 is 5.11 Å². The van der Waals surface area contributed by atoms with Crippen molar-refractivity contribution in [2.75, 3.05) is 0 Å². The van der Waals surface area contributed by atoms with Gasteiger partial charge in [0.25, 0.3) is 0 Å². The average molecular weight is 185 g/mol. The van der Waals surface area contributed by atoms with Gasteiger partial charge >= 0.3 is 11.7 Å². The maximum Gasteiger partial charge on any atom is 0.328 e. The lowest BCUT2D eigenvalue weighted by molar-refractivity contribution is -0.385. The molecule has 0 aliphatic rings. The van der Waals surface area contributed by atoms with E-state index < -0.39 is 16.9 Å². The van der Waals surface area contributed by atoms with Crippen molar-refractivity contribution in [2.24, 2.45) is 0 Å². The molecule has 13 heavy (non-hydrogen) atoms. The van der Waals surface area contributed by atoms with Gasteiger partial charge in [0.05, 0.1) is 4.92 Å². The number of aromatic nitrogens is 2. The first-order valence-electron chi connectivity index (χ1n) is 3.43. The number of carboxylic acids is 1. The minimum Gasteiger partial charge on any atom is -0.480 e. The van der Waals surface area contributed by atoms with Crippen LogP contribution in [0.1, 0.15) is 13.0 Å². The molecule has 0 saturated heterocycles. The Bertz CT molecular complexity index is 345. The fourth-order valence-electron chi connectivity index (χ4n) is 0.747. The molecule has 1 heterocycles. The number of aliphatic carboxylic acids is 1. The van der Waals surface area contributed by atoms with Crippen LogP contribution in [0, 0.1) is 10.1 Å². The van der Waals surface area contributed by atoms with Crippen LogP contribution < -0.4 is 0 Å². The van der Waals surface area contributed by atoms with Crippen LogP contribution in [0.4, 0.5) is 5.69 Å². The number of nitrogens with zero attached hydrogens (tertiary/aromatic N) is 3. The van der Waals surface area contributed by atoms with Crippen LogP contribution in [-0.2, 0) is 4.79 Å². The van der Waals surface area contributed by atoms with Gasteiger partial charge in [0.2, 0.25) is 0 Å². The van der Waals surface area contributed by atoms with E-state index in [4.69, 9.17) is 5.11 Å². The van der Waals surface area contributed by atoms with Crippen LogP contribution in [0.5, 0.6) is 0 Å². The van der Waals surface area contributed by atoms with E-state index in [1.807, 2.05) is 0 Å². The first-order chi connectivity index (χ1) is 6.02. The smallest absolute Gasteiger partial charge is 0.328 e. The number of nitro groups is 1. The predicted octanol–water partition coefficient (Wildman–Crippen LogP) is 0.437. The van der Waals surface area contributed by atoms with Gasteiger partial charge in [-0.2, -0.15) is 5.10 Å². The molecular weight excluding hydrogens is 178 g/mol. The highest BCUT2D eigenvalue weighted by Crippen LogP contribution is 2.12. The third kappa shape index (κ3) is 1.81. The Kier molecular flexibility index (Phi) is 2.27. The zero-order valence-electron chi connectivity index (χ0n) is 6.75. The predicted molar refractivity (Wildman–Crippen MR) is 41.2 cm³/mol. The maximum absolute atomic E-state index is 10.4. The standard InChI is InChI=1S/C6H7N3O4/c1-4(6(10)11)8-3-5(2-7-8)9(12)13/h2-4H,1H3,(H,10,11)/t4-/m1/s1. The molecule has 0 fully saturated rings. The van der Waals surface area contributed by atoms with Gasteiger partial charge in [-0.3, -0.25) is 14.8 Å². The van der Waals surface area contributed by atoms with Crippen molar-refractivity contribution in [3.8, 4) is 0 Å². The first kappa shape index (κ1) is 9.17. The van der Waals surface area contributed by atoms with Crippen molar-refractivity contribution in [2.45, 2.75) is 13.0 Å². The highest BCUT2D eigenvalue weighted by molar-refractivity contribution is 5.71. The Morgan fingerprint density at radius 2 is 2.46 bits per heavy atom. The quantitative estimate of drug-likeness (QED) is 0.544. The maximum atomic E-state index is 10.4. The Morgan fingerprint density at radius 1 is 1.85 bits per heavy atom. The molecule has 0 aromatic carbocycles. The van der Waals surface area contributed by atoms with Gasteiger partial charge in [0.1, 0.15) is 18.4 Å². The molecule has 1 N–H and O–H groups in total. The Balaban J connectivity index is 2.91. The molecule has 1 aromatic heterocycles. The number of carboxylic acid groups (broad SMARTS) is 1. The lowest BCUT2D eigenvalue weighted by Crippen LogP contribution is -2.15. The fourth-order valence-corrected chi connectivity index (χ4v) is 0.747. The average Bonchev–Trinajstić information content (AvgIpc) is 2.50. The van der Waals surface area contributed by atoms with Crippen LogP contribution >= 0.6 is 0 Å². The zero-order chi connectivity index (χ0) is 10.0. The molecule has 1 atom stereocenters. The van der Waals surface area contributed by atoms with Crippen molar-refractivity contribution < 1.29 is 14.8 Å². The molecule has 70 valence electrons. The van der Waals surface area contributed by atoms with Crippen LogP contribution in [0.15, 0.2) is 12.4 Å². The first-order valence-corrected chi connectivity index (χ1v) is 3.43. The minimum atomic E-state index is -1.09. The van der Waals surface area contributed by atoms with Crippen molar-refractivity contribution in [1.82, 2.24) is 9.78 Å². The third-order valence-electron chi connectivity index (χ3n) is 1.55. The van der Waals surface area contributed by atoms with Gasteiger partial charge in [-0.1, -0.05) is 0 Å². The third-order valence-corrected chi connectivity index (χ3v) is 1.55. The number of rotatable bonds is 3. The molecule has 1 aromatic rings. The summed E-state index contributed by atoms with van der Waals surface area (Å²) in [5.41, 5.74) is -0.215. The van der Waals surface area contributed by atoms with Crippen molar-refractivity contribution >= 4 is 11.7 Å². The van der Waals surface area contributed by atoms with E-state index in [0.717, 1.165) is 17.1 Å². The summed E-state index contributed by atoms with van der Waals surface area (Å²) in [5, 5.41) is 22.3. The lowest BCUT2D eigenvalue weighted by Gasteiger charge is -2.03. The van der Waals surface area contributed by atoms with Gasteiger partial charge in [-0.25, -0.2) is 4.79 Å². The van der Waals surface area contributed by atoms with E-state index in [9.17, 15) is 14.9 Å². The molecule has 0 aliphatic heterocycles. The van der Waals surface area contributed by atoms with E-state index in [1.165, 1.54) is 6.92 Å². The summed E-state index contributed by atoms with van der Waals surface area (Å²) in [6, 6.07) is -0.895. The van der Waals surface area contributed by atoms with E-state index in [0.29, 0.717) is 0 Å². The van der Waals surface area contributed by atoms with Crippen molar-refractivity contribution in [3.05, 3.63) is 22.5 Å². The highest BCUT2D eigenvalue weighted by atomic mass is 16.6. The number of carbonyl (C=O) groups is 1. The van der Waals surface area contributed by atoms with E-state index in [1.54, 1.807) is 0 Å². The molecular formula is C6H7N3O4. The van der Waals surface area contributed by atoms with E-state index >= 15 is 0 Å². The number of hydrogen-bond acceptors (Lipinski definition) is 4. The van der Waals surface area contributed by atoms with Gasteiger partial charge in [0.15, 0.2) is 0 Å². The lowest BCUT2D eigenvalue weighted by atomic mass is 10.3. The summed E-state index contributed by atoms with van der Waals surface area (Å²) < 4.78 is 1.03. The molecule has 0 aliphatic carbocycles. The Labute approximate surface area is 72.7 Å². The largest absolute Gasteiger partial charge is 0.480 e. The fraction of sp³-hybridized carbons (Fsp3) is 0.333. The molecule has 0 unspecified atom stereocenters. The molecule has 7 heteroatoms. The van der Waals surface area contributed by atoms with E-state index in [-0.39, 0.29) is 5.69 Å². The molecule has 0 radical (unpaired) electrons. The second kappa shape index (κ2) is 3.21. The molecule has 0 bridgehead atoms. The van der Waals surface area contributed by atoms with Crippen molar-refractivity contribution in [1.29, 1.82) is 0 Å². The minimum absolute atomic E-state index is 0.215. The summed E-state index contributed by atoms with van der Waals surface area (Å²) >= 11 is 0. The van der Waals surface area contributed by atoms with Crippen LogP contribution in [-0.4, -0.2) is 25.8 Å². The summed E-state index contributed by atoms with van der Waals surface area (Å²) in [7, 11) is 0. The van der Waals surface area contributed by atoms with Crippen LogP contribution in [0.2, 0.25) is 0 Å². The topological polar surface area (TPSA) is 98.3 Å². The highest BCUT2D eigenvalue weighted by Gasteiger charge is 2.17. The zero-order valence-corrected chi connectivity index (χ0v) is 6.75. The normalized spacial score (nSPS) is 12.4. The molecule has 0 spiro atoms. The second-order valence-electron chi connectivity index (χ2n) is 2.45.